The fourth-order valence-electron chi connectivity index (χ4n) is 2.47. The number of nitrogens with zero attached hydrogens (tertiary/aromatic N) is 1. The maximum absolute atomic E-state index is 12.0. The quantitative estimate of drug-likeness (QED) is 0.405. The van der Waals surface area contributed by atoms with Crippen LogP contribution in [0.5, 0.6) is 5.75 Å². The summed E-state index contributed by atoms with van der Waals surface area (Å²) >= 11 is 5.73. The third-order valence-electron chi connectivity index (χ3n) is 3.72. The molecule has 1 heterocycles. The molecule has 0 radical (unpaired) electrons. The first kappa shape index (κ1) is 18.4. The van der Waals surface area contributed by atoms with Crippen molar-refractivity contribution in [3.63, 3.8) is 0 Å². The zero-order valence-corrected chi connectivity index (χ0v) is 14.8. The van der Waals surface area contributed by atoms with Crippen molar-refractivity contribution in [1.29, 1.82) is 0 Å². The topological polar surface area (TPSA) is 112 Å². The van der Waals surface area contributed by atoms with Crippen LogP contribution in [-0.2, 0) is 4.79 Å². The molecule has 0 aliphatic rings. The van der Waals surface area contributed by atoms with Gasteiger partial charge in [0.25, 0.3) is 11.6 Å². The van der Waals surface area contributed by atoms with E-state index >= 15 is 0 Å². The van der Waals surface area contributed by atoms with Crippen molar-refractivity contribution < 1.29 is 18.9 Å². The van der Waals surface area contributed by atoms with Gasteiger partial charge >= 0.3 is 5.63 Å². The van der Waals surface area contributed by atoms with Crippen LogP contribution in [0.2, 0.25) is 5.02 Å². The molecule has 0 spiro atoms. The Bertz CT molecular complexity index is 1110. The Balaban J connectivity index is 1.69. The molecule has 1 amide bonds. The van der Waals surface area contributed by atoms with E-state index in [2.05, 4.69) is 5.32 Å². The summed E-state index contributed by atoms with van der Waals surface area (Å²) in [5.74, 6) is -0.175. The molecule has 0 fully saturated rings. The number of rotatable bonds is 5. The highest BCUT2D eigenvalue weighted by molar-refractivity contribution is 6.32. The van der Waals surface area contributed by atoms with Gasteiger partial charge in [0.05, 0.1) is 4.92 Å². The number of amides is 1. The zero-order chi connectivity index (χ0) is 19.6. The minimum absolute atomic E-state index is 0.0257. The van der Waals surface area contributed by atoms with E-state index in [4.69, 9.17) is 20.8 Å². The Labute approximate surface area is 157 Å². The molecule has 3 aromatic rings. The molecule has 0 aliphatic heterocycles. The van der Waals surface area contributed by atoms with Gasteiger partial charge in [0.15, 0.2) is 6.61 Å². The van der Waals surface area contributed by atoms with E-state index in [1.807, 2.05) is 0 Å². The fraction of sp³-hybridized carbons (Fsp3) is 0.111. The first-order valence-electron chi connectivity index (χ1n) is 7.74. The van der Waals surface area contributed by atoms with Crippen molar-refractivity contribution in [2.45, 2.75) is 6.92 Å². The second-order valence-corrected chi connectivity index (χ2v) is 6.07. The predicted molar refractivity (Wildman–Crippen MR) is 99.5 cm³/mol. The van der Waals surface area contributed by atoms with Gasteiger partial charge in [0.2, 0.25) is 0 Å². The normalized spacial score (nSPS) is 10.6. The smallest absolute Gasteiger partial charge is 0.336 e. The number of hydrogen-bond acceptors (Lipinski definition) is 6. The summed E-state index contributed by atoms with van der Waals surface area (Å²) in [6, 6.07) is 10.2. The Morgan fingerprint density at radius 1 is 1.26 bits per heavy atom. The number of hydrogen-bond donors (Lipinski definition) is 1. The number of ether oxygens (including phenoxy) is 1. The number of anilines is 1. The first-order valence-corrected chi connectivity index (χ1v) is 8.12. The van der Waals surface area contributed by atoms with Crippen LogP contribution in [0.25, 0.3) is 11.0 Å². The number of benzene rings is 2. The van der Waals surface area contributed by atoms with E-state index in [1.165, 1.54) is 24.3 Å². The van der Waals surface area contributed by atoms with Gasteiger partial charge in [-0.15, -0.1) is 0 Å². The Morgan fingerprint density at radius 2 is 2.04 bits per heavy atom. The summed E-state index contributed by atoms with van der Waals surface area (Å²) < 4.78 is 10.5. The van der Waals surface area contributed by atoms with Crippen LogP contribution < -0.4 is 15.7 Å². The Hall–Kier alpha value is -3.39. The number of nitro benzene ring substituents is 1. The van der Waals surface area contributed by atoms with E-state index in [-0.39, 0.29) is 23.0 Å². The average Bonchev–Trinajstić information content (AvgIpc) is 2.61. The highest BCUT2D eigenvalue weighted by Gasteiger charge is 2.14. The lowest BCUT2D eigenvalue weighted by molar-refractivity contribution is -0.384. The number of aryl methyl sites for hydroxylation is 1. The number of fused-ring (bicyclic) bond motifs is 1. The molecule has 0 unspecified atom stereocenters. The lowest BCUT2D eigenvalue weighted by atomic mass is 10.1. The van der Waals surface area contributed by atoms with Crippen LogP contribution >= 0.6 is 11.6 Å². The summed E-state index contributed by atoms with van der Waals surface area (Å²) in [6.07, 6.45) is 0. The highest BCUT2D eigenvalue weighted by atomic mass is 35.5. The van der Waals surface area contributed by atoms with Crippen LogP contribution in [0.3, 0.4) is 0 Å². The van der Waals surface area contributed by atoms with Crippen molar-refractivity contribution in [2.75, 3.05) is 11.9 Å². The molecule has 0 saturated carbocycles. The molecular formula is C18H13ClN2O6. The van der Waals surface area contributed by atoms with Crippen LogP contribution in [0, 0.1) is 17.0 Å². The number of carbonyl (C=O) groups excluding carboxylic acids is 1. The average molecular weight is 389 g/mol. The molecule has 2 aromatic carbocycles. The summed E-state index contributed by atoms with van der Waals surface area (Å²) in [5.41, 5.74) is 0.565. The molecule has 3 rings (SSSR count). The van der Waals surface area contributed by atoms with Gasteiger partial charge in [-0.2, -0.15) is 0 Å². The number of halogens is 1. The lowest BCUT2D eigenvalue weighted by Crippen LogP contribution is -2.20. The molecule has 1 N–H and O–H groups in total. The minimum atomic E-state index is -0.640. The molecule has 138 valence electrons. The summed E-state index contributed by atoms with van der Waals surface area (Å²) in [6.45, 7) is 1.45. The molecule has 27 heavy (non-hydrogen) atoms. The van der Waals surface area contributed by atoms with E-state index in [1.54, 1.807) is 19.1 Å². The number of nitro groups is 1. The Kier molecular flexibility index (Phi) is 5.09. The first-order chi connectivity index (χ1) is 12.8. The molecule has 0 saturated heterocycles. The van der Waals surface area contributed by atoms with Crippen molar-refractivity contribution in [1.82, 2.24) is 0 Å². The van der Waals surface area contributed by atoms with Gasteiger partial charge in [-0.1, -0.05) is 11.6 Å². The van der Waals surface area contributed by atoms with Gasteiger partial charge in [0, 0.05) is 29.3 Å². The Morgan fingerprint density at radius 3 is 2.78 bits per heavy atom. The molecule has 0 bridgehead atoms. The maximum Gasteiger partial charge on any atom is 0.336 e. The molecular weight excluding hydrogens is 376 g/mol. The van der Waals surface area contributed by atoms with Crippen LogP contribution in [0.1, 0.15) is 5.56 Å². The summed E-state index contributed by atoms with van der Waals surface area (Å²) in [5, 5.41) is 14.1. The number of nitrogens with one attached hydrogen (secondary N) is 1. The zero-order valence-electron chi connectivity index (χ0n) is 14.0. The second-order valence-electron chi connectivity index (χ2n) is 5.67. The van der Waals surface area contributed by atoms with Crippen molar-refractivity contribution in [3.05, 3.63) is 73.6 Å². The largest absolute Gasteiger partial charge is 0.484 e. The van der Waals surface area contributed by atoms with E-state index in [0.717, 1.165) is 17.0 Å². The minimum Gasteiger partial charge on any atom is -0.484 e. The third kappa shape index (κ3) is 4.24. The standard InChI is InChI=1S/C18H13ClN2O6/c1-10-6-18(23)27-16-8-12(3-4-13(10)16)26-9-17(22)20-11-2-5-14(19)15(7-11)21(24)25/h2-8H,9H2,1H3,(H,20,22). The second kappa shape index (κ2) is 7.46. The SMILES string of the molecule is Cc1cc(=O)oc2cc(OCC(=O)Nc3ccc(Cl)c([N+](=O)[O-])c3)ccc12. The lowest BCUT2D eigenvalue weighted by Gasteiger charge is -2.09. The van der Waals surface area contributed by atoms with Gasteiger partial charge in [-0.05, 0) is 36.8 Å². The van der Waals surface area contributed by atoms with E-state index in [9.17, 15) is 19.7 Å². The van der Waals surface area contributed by atoms with Crippen molar-refractivity contribution in [3.8, 4) is 5.75 Å². The molecule has 0 aliphatic carbocycles. The molecule has 1 aromatic heterocycles. The number of carbonyl (C=O) groups is 1. The summed E-state index contributed by atoms with van der Waals surface area (Å²) in [7, 11) is 0. The van der Waals surface area contributed by atoms with E-state index in [0.29, 0.717) is 11.3 Å². The molecule has 0 atom stereocenters. The van der Waals surface area contributed by atoms with Crippen molar-refractivity contribution in [2.24, 2.45) is 0 Å². The third-order valence-corrected chi connectivity index (χ3v) is 4.04. The highest BCUT2D eigenvalue weighted by Crippen LogP contribution is 2.27. The molecule has 9 heteroatoms. The fourth-order valence-corrected chi connectivity index (χ4v) is 2.66. The monoisotopic (exact) mass is 388 g/mol. The van der Waals surface area contributed by atoms with Gasteiger partial charge in [-0.3, -0.25) is 14.9 Å². The molecule has 8 nitrogen and oxygen atoms in total. The van der Waals surface area contributed by atoms with Crippen molar-refractivity contribution >= 4 is 39.9 Å². The maximum atomic E-state index is 12.0. The van der Waals surface area contributed by atoms with Gasteiger partial charge in [-0.25, -0.2) is 4.79 Å². The van der Waals surface area contributed by atoms with Crippen LogP contribution in [-0.4, -0.2) is 17.4 Å². The van der Waals surface area contributed by atoms with Crippen LogP contribution in [0.15, 0.2) is 51.7 Å². The van der Waals surface area contributed by atoms with Crippen LogP contribution in [0.4, 0.5) is 11.4 Å². The van der Waals surface area contributed by atoms with Gasteiger partial charge < -0.3 is 14.5 Å². The predicted octanol–water partition coefficient (Wildman–Crippen LogP) is 3.68. The van der Waals surface area contributed by atoms with E-state index < -0.39 is 16.5 Å². The summed E-state index contributed by atoms with van der Waals surface area (Å²) in [4.78, 5) is 33.7. The van der Waals surface area contributed by atoms with Gasteiger partial charge in [0.1, 0.15) is 16.4 Å².